The third kappa shape index (κ3) is 5.68. The first-order chi connectivity index (χ1) is 12.7. The van der Waals surface area contributed by atoms with Crippen molar-refractivity contribution < 1.29 is 9.47 Å². The molecular formula is C19H29N5O2. The van der Waals surface area contributed by atoms with Crippen LogP contribution in [-0.4, -0.2) is 43.0 Å². The van der Waals surface area contributed by atoms with Crippen LogP contribution < -0.4 is 20.1 Å². The second kappa shape index (κ2) is 10.3. The summed E-state index contributed by atoms with van der Waals surface area (Å²) in [5.74, 6) is 2.36. The summed E-state index contributed by atoms with van der Waals surface area (Å²) < 4.78 is 12.8. The summed E-state index contributed by atoms with van der Waals surface area (Å²) in [4.78, 5) is 4.25. The van der Waals surface area contributed by atoms with E-state index in [1.54, 1.807) is 20.4 Å². The SMILES string of the molecule is CCOc1cc(CCCNC(=NC)NCc2ccnn2C)ccc1OC. The van der Waals surface area contributed by atoms with E-state index in [2.05, 4.69) is 32.9 Å². The zero-order valence-corrected chi connectivity index (χ0v) is 16.1. The Labute approximate surface area is 155 Å². The molecule has 0 bridgehead atoms. The van der Waals surface area contributed by atoms with Crippen LogP contribution in [0.3, 0.4) is 0 Å². The van der Waals surface area contributed by atoms with E-state index < -0.39 is 0 Å². The van der Waals surface area contributed by atoms with Crippen LogP contribution in [0.1, 0.15) is 24.6 Å². The van der Waals surface area contributed by atoms with Gasteiger partial charge in [0, 0.05) is 26.8 Å². The Morgan fingerprint density at radius 1 is 1.23 bits per heavy atom. The number of methoxy groups -OCH3 is 1. The minimum Gasteiger partial charge on any atom is -0.493 e. The Bertz CT molecular complexity index is 712. The molecule has 2 rings (SSSR count). The highest BCUT2D eigenvalue weighted by Crippen LogP contribution is 2.28. The molecule has 0 saturated carbocycles. The van der Waals surface area contributed by atoms with Crippen molar-refractivity contribution in [3.8, 4) is 11.5 Å². The number of nitrogens with one attached hydrogen (secondary N) is 2. The van der Waals surface area contributed by atoms with E-state index in [0.29, 0.717) is 13.2 Å². The Balaban J connectivity index is 1.76. The van der Waals surface area contributed by atoms with Gasteiger partial charge in [-0.15, -0.1) is 0 Å². The minimum atomic E-state index is 0.625. The van der Waals surface area contributed by atoms with Gasteiger partial charge in [0.2, 0.25) is 0 Å². The van der Waals surface area contributed by atoms with Gasteiger partial charge in [0.05, 0.1) is 26.0 Å². The molecule has 0 aliphatic heterocycles. The Morgan fingerprint density at radius 2 is 2.08 bits per heavy atom. The van der Waals surface area contributed by atoms with E-state index in [-0.39, 0.29) is 0 Å². The Kier molecular flexibility index (Phi) is 7.79. The highest BCUT2D eigenvalue weighted by molar-refractivity contribution is 5.79. The molecule has 0 aliphatic rings. The molecule has 26 heavy (non-hydrogen) atoms. The Hall–Kier alpha value is -2.70. The smallest absolute Gasteiger partial charge is 0.191 e. The summed E-state index contributed by atoms with van der Waals surface area (Å²) in [6, 6.07) is 8.08. The molecule has 0 spiro atoms. The topological polar surface area (TPSA) is 72.7 Å². The van der Waals surface area contributed by atoms with Gasteiger partial charge in [0.1, 0.15) is 0 Å². The maximum atomic E-state index is 5.63. The van der Waals surface area contributed by atoms with Crippen LogP contribution in [0, 0.1) is 0 Å². The van der Waals surface area contributed by atoms with Crippen molar-refractivity contribution in [3.63, 3.8) is 0 Å². The lowest BCUT2D eigenvalue weighted by molar-refractivity contribution is 0.310. The van der Waals surface area contributed by atoms with Gasteiger partial charge >= 0.3 is 0 Å². The maximum absolute atomic E-state index is 5.63. The molecule has 0 radical (unpaired) electrons. The number of hydrogen-bond acceptors (Lipinski definition) is 4. The number of aliphatic imine (C=N–C) groups is 1. The molecular weight excluding hydrogens is 330 g/mol. The molecule has 0 atom stereocenters. The van der Waals surface area contributed by atoms with E-state index >= 15 is 0 Å². The molecule has 0 fully saturated rings. The standard InChI is InChI=1S/C19H29N5O2/c1-5-26-18-13-15(8-9-17(18)25-4)7-6-11-21-19(20-2)22-14-16-10-12-23-24(16)3/h8-10,12-13H,5-7,11,14H2,1-4H3,(H2,20,21,22). The third-order valence-electron chi connectivity index (χ3n) is 4.05. The summed E-state index contributed by atoms with van der Waals surface area (Å²) >= 11 is 0. The van der Waals surface area contributed by atoms with Crippen LogP contribution in [0.15, 0.2) is 35.5 Å². The molecule has 7 nitrogen and oxygen atoms in total. The van der Waals surface area contributed by atoms with Crippen molar-refractivity contribution in [3.05, 3.63) is 41.7 Å². The van der Waals surface area contributed by atoms with Gasteiger partial charge in [-0.2, -0.15) is 5.10 Å². The van der Waals surface area contributed by atoms with Gasteiger partial charge in [-0.25, -0.2) is 0 Å². The first-order valence-corrected chi connectivity index (χ1v) is 8.89. The van der Waals surface area contributed by atoms with Crippen LogP contribution in [0.25, 0.3) is 0 Å². The van der Waals surface area contributed by atoms with E-state index in [1.807, 2.05) is 30.8 Å². The van der Waals surface area contributed by atoms with Crippen LogP contribution in [0.5, 0.6) is 11.5 Å². The average molecular weight is 359 g/mol. The second-order valence-electron chi connectivity index (χ2n) is 5.82. The van der Waals surface area contributed by atoms with E-state index in [4.69, 9.17) is 9.47 Å². The first-order valence-electron chi connectivity index (χ1n) is 8.89. The number of guanidine groups is 1. The summed E-state index contributed by atoms with van der Waals surface area (Å²) in [6.07, 6.45) is 3.73. The van der Waals surface area contributed by atoms with Crippen molar-refractivity contribution in [1.29, 1.82) is 0 Å². The monoisotopic (exact) mass is 359 g/mol. The predicted molar refractivity (Wildman–Crippen MR) is 104 cm³/mol. The number of ether oxygens (including phenoxy) is 2. The molecule has 0 amide bonds. The molecule has 2 N–H and O–H groups in total. The number of nitrogens with zero attached hydrogens (tertiary/aromatic N) is 3. The van der Waals surface area contributed by atoms with Gasteiger partial charge in [0.15, 0.2) is 17.5 Å². The molecule has 142 valence electrons. The van der Waals surface area contributed by atoms with E-state index in [0.717, 1.165) is 42.5 Å². The molecule has 0 saturated heterocycles. The molecule has 0 unspecified atom stereocenters. The molecule has 2 aromatic rings. The molecule has 1 aromatic carbocycles. The van der Waals surface area contributed by atoms with E-state index in [9.17, 15) is 0 Å². The second-order valence-corrected chi connectivity index (χ2v) is 5.82. The lowest BCUT2D eigenvalue weighted by Crippen LogP contribution is -2.37. The fraction of sp³-hybridized carbons (Fsp3) is 0.474. The molecule has 0 aliphatic carbocycles. The van der Waals surface area contributed by atoms with Crippen molar-refractivity contribution in [1.82, 2.24) is 20.4 Å². The van der Waals surface area contributed by atoms with Crippen molar-refractivity contribution in [2.24, 2.45) is 12.0 Å². The summed E-state index contributed by atoms with van der Waals surface area (Å²) in [7, 11) is 5.36. The lowest BCUT2D eigenvalue weighted by atomic mass is 10.1. The minimum absolute atomic E-state index is 0.625. The van der Waals surface area contributed by atoms with Gasteiger partial charge in [-0.05, 0) is 43.5 Å². The van der Waals surface area contributed by atoms with Crippen LogP contribution >= 0.6 is 0 Å². The quantitative estimate of drug-likeness (QED) is 0.408. The predicted octanol–water partition coefficient (Wildman–Crippen LogP) is 2.13. The van der Waals surface area contributed by atoms with Crippen LogP contribution in [0.2, 0.25) is 0 Å². The molecule has 1 heterocycles. The van der Waals surface area contributed by atoms with E-state index in [1.165, 1.54) is 5.56 Å². The maximum Gasteiger partial charge on any atom is 0.191 e. The highest BCUT2D eigenvalue weighted by atomic mass is 16.5. The fourth-order valence-electron chi connectivity index (χ4n) is 2.61. The summed E-state index contributed by atoms with van der Waals surface area (Å²) in [5, 5.41) is 10.8. The first kappa shape index (κ1) is 19.6. The van der Waals surface area contributed by atoms with Crippen molar-refractivity contribution in [2.75, 3.05) is 27.3 Å². The number of hydrogen-bond donors (Lipinski definition) is 2. The van der Waals surface area contributed by atoms with Gasteiger partial charge in [-0.3, -0.25) is 9.67 Å². The Morgan fingerprint density at radius 3 is 2.73 bits per heavy atom. The fourth-order valence-corrected chi connectivity index (χ4v) is 2.61. The number of benzene rings is 1. The summed E-state index contributed by atoms with van der Waals surface area (Å²) in [5.41, 5.74) is 2.34. The third-order valence-corrected chi connectivity index (χ3v) is 4.05. The normalized spacial score (nSPS) is 11.3. The molecule has 1 aromatic heterocycles. The van der Waals surface area contributed by atoms with Gasteiger partial charge < -0.3 is 20.1 Å². The number of aromatic nitrogens is 2. The highest BCUT2D eigenvalue weighted by Gasteiger charge is 2.06. The lowest BCUT2D eigenvalue weighted by Gasteiger charge is -2.13. The largest absolute Gasteiger partial charge is 0.493 e. The summed E-state index contributed by atoms with van der Waals surface area (Å²) in [6.45, 7) is 4.12. The van der Waals surface area contributed by atoms with Gasteiger partial charge in [-0.1, -0.05) is 6.07 Å². The van der Waals surface area contributed by atoms with Crippen molar-refractivity contribution >= 4 is 5.96 Å². The molecule has 7 heteroatoms. The average Bonchev–Trinajstić information content (AvgIpc) is 3.06. The van der Waals surface area contributed by atoms with Crippen LogP contribution in [0.4, 0.5) is 0 Å². The van der Waals surface area contributed by atoms with Gasteiger partial charge in [0.25, 0.3) is 0 Å². The zero-order valence-electron chi connectivity index (χ0n) is 16.1. The van der Waals surface area contributed by atoms with Crippen LogP contribution in [-0.2, 0) is 20.0 Å². The number of aryl methyl sites for hydroxylation is 2. The zero-order chi connectivity index (χ0) is 18.8. The van der Waals surface area contributed by atoms with Crippen molar-refractivity contribution in [2.45, 2.75) is 26.3 Å². The number of rotatable bonds is 9.